The molecule has 0 spiro atoms. The van der Waals surface area contributed by atoms with Crippen molar-refractivity contribution in [2.45, 2.75) is 32.7 Å². The lowest BCUT2D eigenvalue weighted by Gasteiger charge is -2.13. The molecule has 4 aromatic rings. The number of aryl methyl sites for hydroxylation is 1. The number of benzene rings is 1. The maximum Gasteiger partial charge on any atom is 0.332 e. The van der Waals surface area contributed by atoms with Gasteiger partial charge in [-0.25, -0.2) is 4.79 Å². The summed E-state index contributed by atoms with van der Waals surface area (Å²) in [6.45, 7) is 6.25. The minimum Gasteiger partial charge on any atom is -0.428 e. The van der Waals surface area contributed by atoms with Crippen molar-refractivity contribution in [3.8, 4) is 0 Å². The summed E-state index contributed by atoms with van der Waals surface area (Å²) in [5.74, 6) is 1.03. The van der Waals surface area contributed by atoms with Crippen LogP contribution in [0.1, 0.15) is 32.1 Å². The third-order valence-corrected chi connectivity index (χ3v) is 4.73. The Labute approximate surface area is 161 Å². The average molecular weight is 378 g/mol. The van der Waals surface area contributed by atoms with Crippen LogP contribution in [0, 0.1) is 0 Å². The summed E-state index contributed by atoms with van der Waals surface area (Å²) in [6, 6.07) is 9.73. The summed E-state index contributed by atoms with van der Waals surface area (Å²) in [4.78, 5) is 30.1. The van der Waals surface area contributed by atoms with Crippen LogP contribution >= 0.6 is 0 Å². The predicted molar refractivity (Wildman–Crippen MR) is 109 cm³/mol. The molecule has 144 valence electrons. The molecule has 7 heteroatoms. The van der Waals surface area contributed by atoms with Crippen LogP contribution in [-0.2, 0) is 19.0 Å². The van der Waals surface area contributed by atoms with Gasteiger partial charge in [0.2, 0.25) is 0 Å². The van der Waals surface area contributed by atoms with E-state index in [0.717, 1.165) is 11.3 Å². The van der Waals surface area contributed by atoms with Gasteiger partial charge >= 0.3 is 11.5 Å². The Hall–Kier alpha value is -3.35. The van der Waals surface area contributed by atoms with Gasteiger partial charge in [-0.3, -0.25) is 18.3 Å². The molecule has 0 unspecified atom stereocenters. The fourth-order valence-electron chi connectivity index (χ4n) is 3.12. The highest BCUT2D eigenvalue weighted by Crippen LogP contribution is 2.26. The van der Waals surface area contributed by atoms with E-state index in [1.54, 1.807) is 23.7 Å². The standard InChI is InChI=1S/C21H22N4O3/c1-21(2,3)15-13-25-16-17(22-19(25)28-15)23(4)20(27)24(18(16)26)12-8-11-14-9-6-5-7-10-14/h5-11,13H,12H2,1-4H3/b11-8+. The molecule has 0 fully saturated rings. The van der Waals surface area contributed by atoms with Crippen LogP contribution in [0.2, 0.25) is 0 Å². The maximum atomic E-state index is 13.1. The van der Waals surface area contributed by atoms with Crippen molar-refractivity contribution in [3.05, 3.63) is 74.8 Å². The van der Waals surface area contributed by atoms with E-state index < -0.39 is 5.69 Å². The second-order valence-corrected chi connectivity index (χ2v) is 7.85. The topological polar surface area (TPSA) is 74.4 Å². The van der Waals surface area contributed by atoms with Crippen molar-refractivity contribution >= 4 is 23.1 Å². The summed E-state index contributed by atoms with van der Waals surface area (Å²) in [5, 5.41) is 0. The molecule has 0 aliphatic heterocycles. The molecule has 0 saturated heterocycles. The number of hydrogen-bond donors (Lipinski definition) is 0. The van der Waals surface area contributed by atoms with E-state index in [0.29, 0.717) is 17.0 Å². The summed E-state index contributed by atoms with van der Waals surface area (Å²) in [7, 11) is 1.61. The van der Waals surface area contributed by atoms with Crippen LogP contribution in [0.3, 0.4) is 0 Å². The van der Waals surface area contributed by atoms with Crippen molar-refractivity contribution in [3.63, 3.8) is 0 Å². The largest absolute Gasteiger partial charge is 0.428 e. The first-order valence-electron chi connectivity index (χ1n) is 9.11. The first kappa shape index (κ1) is 18.0. The number of nitrogens with zero attached hydrogens (tertiary/aromatic N) is 4. The Morgan fingerprint density at radius 3 is 2.54 bits per heavy atom. The Bertz CT molecular complexity index is 1310. The molecule has 4 rings (SSSR count). The molecule has 3 heterocycles. The molecule has 0 atom stereocenters. The summed E-state index contributed by atoms with van der Waals surface area (Å²) >= 11 is 0. The van der Waals surface area contributed by atoms with Crippen LogP contribution in [0.25, 0.3) is 23.1 Å². The van der Waals surface area contributed by atoms with E-state index >= 15 is 0 Å². The van der Waals surface area contributed by atoms with Crippen molar-refractivity contribution in [1.29, 1.82) is 0 Å². The number of oxazole rings is 1. The zero-order valence-electron chi connectivity index (χ0n) is 16.3. The SMILES string of the molecule is Cn1c(=O)n(C/C=C/c2ccccc2)c(=O)c2c1nc1oc(C(C)(C)C)cn12. The molecule has 0 aliphatic carbocycles. The summed E-state index contributed by atoms with van der Waals surface area (Å²) in [5.41, 5.74) is 0.647. The Morgan fingerprint density at radius 2 is 1.86 bits per heavy atom. The fraction of sp³-hybridized carbons (Fsp3) is 0.286. The predicted octanol–water partition coefficient (Wildman–Crippen LogP) is 2.95. The lowest BCUT2D eigenvalue weighted by molar-refractivity contribution is 0.425. The van der Waals surface area contributed by atoms with Crippen molar-refractivity contribution < 1.29 is 4.42 Å². The zero-order valence-corrected chi connectivity index (χ0v) is 16.3. The van der Waals surface area contributed by atoms with Crippen molar-refractivity contribution in [2.75, 3.05) is 0 Å². The third kappa shape index (κ3) is 2.89. The molecular formula is C21H22N4O3. The van der Waals surface area contributed by atoms with E-state index in [9.17, 15) is 9.59 Å². The third-order valence-electron chi connectivity index (χ3n) is 4.73. The normalized spacial score (nSPS) is 12.6. The zero-order chi connectivity index (χ0) is 20.1. The quantitative estimate of drug-likeness (QED) is 0.549. The van der Waals surface area contributed by atoms with Crippen molar-refractivity contribution in [1.82, 2.24) is 18.5 Å². The summed E-state index contributed by atoms with van der Waals surface area (Å²) < 4.78 is 10.0. The average Bonchev–Trinajstić information content (AvgIpc) is 3.21. The maximum absolute atomic E-state index is 13.1. The van der Waals surface area contributed by atoms with Gasteiger partial charge in [0.15, 0.2) is 11.2 Å². The molecule has 0 N–H and O–H groups in total. The fourth-order valence-corrected chi connectivity index (χ4v) is 3.12. The van der Waals surface area contributed by atoms with Gasteiger partial charge in [-0.05, 0) is 5.56 Å². The Balaban J connectivity index is 1.86. The number of aromatic nitrogens is 4. The molecule has 7 nitrogen and oxygen atoms in total. The van der Waals surface area contributed by atoms with Gasteiger partial charge in [0.1, 0.15) is 5.76 Å². The molecule has 28 heavy (non-hydrogen) atoms. The lowest BCUT2D eigenvalue weighted by Crippen LogP contribution is -2.39. The highest BCUT2D eigenvalue weighted by molar-refractivity contribution is 5.74. The van der Waals surface area contributed by atoms with Gasteiger partial charge in [0, 0.05) is 19.0 Å². The highest BCUT2D eigenvalue weighted by atomic mass is 16.4. The molecule has 1 aromatic carbocycles. The molecule has 3 aromatic heterocycles. The van der Waals surface area contributed by atoms with Gasteiger partial charge in [-0.1, -0.05) is 63.3 Å². The number of allylic oxidation sites excluding steroid dienone is 1. The van der Waals surface area contributed by atoms with Gasteiger partial charge in [-0.2, -0.15) is 4.98 Å². The van der Waals surface area contributed by atoms with Gasteiger partial charge in [0.05, 0.1) is 6.20 Å². The number of fused-ring (bicyclic) bond motifs is 3. The number of imidazole rings is 1. The van der Waals surface area contributed by atoms with Crippen LogP contribution in [0.5, 0.6) is 0 Å². The van der Waals surface area contributed by atoms with Gasteiger partial charge < -0.3 is 4.42 Å². The van der Waals surface area contributed by atoms with E-state index in [1.807, 2.05) is 57.2 Å². The summed E-state index contributed by atoms with van der Waals surface area (Å²) in [6.07, 6.45) is 5.47. The van der Waals surface area contributed by atoms with E-state index in [4.69, 9.17) is 4.42 Å². The first-order chi connectivity index (χ1) is 13.3. The highest BCUT2D eigenvalue weighted by Gasteiger charge is 2.24. The minimum atomic E-state index is -0.410. The Kier molecular flexibility index (Phi) is 4.10. The van der Waals surface area contributed by atoms with E-state index in [-0.39, 0.29) is 17.5 Å². The smallest absolute Gasteiger partial charge is 0.332 e. The van der Waals surface area contributed by atoms with Crippen LogP contribution in [-0.4, -0.2) is 18.5 Å². The Morgan fingerprint density at radius 1 is 1.14 bits per heavy atom. The second-order valence-electron chi connectivity index (χ2n) is 7.85. The molecule has 0 amide bonds. The van der Waals surface area contributed by atoms with Crippen LogP contribution < -0.4 is 11.2 Å². The van der Waals surface area contributed by atoms with Gasteiger partial charge in [0.25, 0.3) is 5.56 Å². The first-order valence-corrected chi connectivity index (χ1v) is 9.11. The van der Waals surface area contributed by atoms with Crippen molar-refractivity contribution in [2.24, 2.45) is 7.05 Å². The molecular weight excluding hydrogens is 356 g/mol. The minimum absolute atomic E-state index is 0.174. The van der Waals surface area contributed by atoms with Crippen LogP contribution in [0.4, 0.5) is 0 Å². The molecule has 0 radical (unpaired) electrons. The lowest BCUT2D eigenvalue weighted by atomic mass is 9.94. The molecule has 0 saturated carbocycles. The second kappa shape index (κ2) is 6.37. The molecule has 0 aliphatic rings. The number of hydrogen-bond acceptors (Lipinski definition) is 4. The van der Waals surface area contributed by atoms with E-state index in [2.05, 4.69) is 4.98 Å². The molecule has 0 bridgehead atoms. The monoisotopic (exact) mass is 378 g/mol. The van der Waals surface area contributed by atoms with E-state index in [1.165, 1.54) is 9.13 Å². The van der Waals surface area contributed by atoms with Crippen LogP contribution in [0.15, 0.2) is 56.6 Å². The number of rotatable bonds is 3. The van der Waals surface area contributed by atoms with Gasteiger partial charge in [-0.15, -0.1) is 0 Å².